The van der Waals surface area contributed by atoms with Crippen LogP contribution in [0.25, 0.3) is 10.8 Å². The molecule has 0 aliphatic carbocycles. The summed E-state index contributed by atoms with van der Waals surface area (Å²) in [5, 5.41) is 2.67. The molecule has 6 aromatic carbocycles. The normalized spacial score (nSPS) is 16.3. The molecule has 0 saturated carbocycles. The van der Waals surface area contributed by atoms with Gasteiger partial charge in [-0.2, -0.15) is 0 Å². The average Bonchev–Trinajstić information content (AvgIpc) is 4.11. The number of para-hydroxylation sites is 3. The largest absolute Gasteiger partial charge is 0.491 e. The number of hydrogen-bond acceptors (Lipinski definition) is 6. The molecule has 0 spiro atoms. The van der Waals surface area contributed by atoms with Crippen LogP contribution < -0.4 is 14.2 Å². The standard InChI is InChI=1S/C13H14.C10H14.3C9H10O2.2CH4/c1-10(2)12-8-7-11-5-3-4-6-13(11)9-12;1-3-9-5-7-10(4-2)8-6-9;3*1-2-4-8(5-3-1)10-6-9-7-11-9;;/h3-10H,1-2H3;5-8H,3-4H2,1-2H3;3*1-5,9H,6-7H2;2*1H4. The van der Waals surface area contributed by atoms with Gasteiger partial charge in [-0.15, -0.1) is 0 Å². The second-order valence-corrected chi connectivity index (χ2v) is 14.0. The zero-order chi connectivity index (χ0) is 39.2. The number of hydrogen-bond donors (Lipinski definition) is 0. The van der Waals surface area contributed by atoms with Gasteiger partial charge < -0.3 is 28.4 Å². The van der Waals surface area contributed by atoms with Gasteiger partial charge in [0.1, 0.15) is 55.4 Å². The molecule has 0 radical (unpaired) electrons. The zero-order valence-corrected chi connectivity index (χ0v) is 33.4. The van der Waals surface area contributed by atoms with Crippen LogP contribution in [0, 0.1) is 0 Å². The minimum Gasteiger partial charge on any atom is -0.491 e. The van der Waals surface area contributed by atoms with Crippen LogP contribution in [0.5, 0.6) is 17.2 Å². The van der Waals surface area contributed by atoms with Gasteiger partial charge in [0.15, 0.2) is 0 Å². The van der Waals surface area contributed by atoms with Crippen molar-refractivity contribution < 1.29 is 28.4 Å². The fourth-order valence-corrected chi connectivity index (χ4v) is 5.19. The maximum Gasteiger partial charge on any atom is 0.119 e. The summed E-state index contributed by atoms with van der Waals surface area (Å²) >= 11 is 0. The van der Waals surface area contributed by atoms with Crippen molar-refractivity contribution in [2.24, 2.45) is 0 Å². The second kappa shape index (κ2) is 26.7. The van der Waals surface area contributed by atoms with Gasteiger partial charge in [-0.05, 0) is 82.6 Å². The van der Waals surface area contributed by atoms with Crippen molar-refractivity contribution in [2.45, 2.75) is 79.6 Å². The van der Waals surface area contributed by atoms with E-state index >= 15 is 0 Å². The summed E-state index contributed by atoms with van der Waals surface area (Å²) in [6.45, 7) is 13.4. The van der Waals surface area contributed by atoms with Gasteiger partial charge in [-0.1, -0.05) is 164 Å². The molecular formula is C52H66O6. The fraction of sp³-hybridized carbons (Fsp3) is 0.346. The van der Waals surface area contributed by atoms with Crippen LogP contribution >= 0.6 is 0 Å². The Labute approximate surface area is 349 Å². The van der Waals surface area contributed by atoms with E-state index in [9.17, 15) is 0 Å². The molecule has 58 heavy (non-hydrogen) atoms. The van der Waals surface area contributed by atoms with Gasteiger partial charge in [-0.3, -0.25) is 0 Å². The molecular weight excluding hydrogens is 721 g/mol. The number of epoxide rings is 3. The quantitative estimate of drug-likeness (QED) is 0.115. The maximum absolute atomic E-state index is 5.40. The second-order valence-electron chi connectivity index (χ2n) is 14.0. The third kappa shape index (κ3) is 19.3. The van der Waals surface area contributed by atoms with Crippen LogP contribution in [0.2, 0.25) is 0 Å². The summed E-state index contributed by atoms with van der Waals surface area (Å²) in [4.78, 5) is 0. The van der Waals surface area contributed by atoms with Crippen molar-refractivity contribution in [1.82, 2.24) is 0 Å². The van der Waals surface area contributed by atoms with E-state index in [0.717, 1.165) is 49.9 Å². The lowest BCUT2D eigenvalue weighted by atomic mass is 9.99. The van der Waals surface area contributed by atoms with Gasteiger partial charge in [0, 0.05) is 0 Å². The third-order valence-corrected chi connectivity index (χ3v) is 9.02. The Morgan fingerprint density at radius 2 is 0.776 bits per heavy atom. The van der Waals surface area contributed by atoms with E-state index in [1.165, 1.54) is 27.5 Å². The molecule has 3 aliphatic heterocycles. The molecule has 3 heterocycles. The van der Waals surface area contributed by atoms with Crippen molar-refractivity contribution >= 4 is 10.8 Å². The summed E-state index contributed by atoms with van der Waals surface area (Å²) < 4.78 is 31.2. The Kier molecular flexibility index (Phi) is 21.8. The maximum atomic E-state index is 5.40. The SMILES string of the molecule is C.C.CC(C)c1ccc2ccccc2c1.CCc1ccc(CC)cc1.c1ccc(OCC2CO2)cc1.c1ccc(OCC2CO2)cc1.c1ccc(OCC2CO2)cc1. The summed E-state index contributed by atoms with van der Waals surface area (Å²) in [5.74, 6) is 3.37. The molecule has 0 N–H and O–H groups in total. The highest BCUT2D eigenvalue weighted by atomic mass is 16.6. The Hall–Kier alpha value is -5.14. The fourth-order valence-electron chi connectivity index (χ4n) is 5.19. The Morgan fingerprint density at radius 3 is 1.09 bits per heavy atom. The first-order chi connectivity index (χ1) is 27.5. The van der Waals surface area contributed by atoms with Crippen molar-refractivity contribution in [1.29, 1.82) is 0 Å². The number of ether oxygens (including phenoxy) is 6. The topological polar surface area (TPSA) is 65.3 Å². The van der Waals surface area contributed by atoms with Crippen LogP contribution in [0.1, 0.15) is 65.2 Å². The van der Waals surface area contributed by atoms with Crippen molar-refractivity contribution in [3.05, 3.63) is 174 Å². The number of aryl methyl sites for hydroxylation is 2. The van der Waals surface area contributed by atoms with Crippen molar-refractivity contribution in [3.63, 3.8) is 0 Å². The molecule has 9 rings (SSSR count). The molecule has 3 aliphatic rings. The van der Waals surface area contributed by atoms with E-state index in [0.29, 0.717) is 44.1 Å². The molecule has 3 unspecified atom stereocenters. The summed E-state index contributed by atoms with van der Waals surface area (Å²) in [7, 11) is 0. The molecule has 0 aromatic heterocycles. The predicted octanol–water partition coefficient (Wildman–Crippen LogP) is 12.4. The van der Waals surface area contributed by atoms with Gasteiger partial charge in [0.25, 0.3) is 0 Å². The molecule has 3 fully saturated rings. The number of fused-ring (bicyclic) bond motifs is 1. The minimum atomic E-state index is 0. The van der Waals surface area contributed by atoms with E-state index in [1.807, 2.05) is 91.0 Å². The van der Waals surface area contributed by atoms with Crippen molar-refractivity contribution in [2.75, 3.05) is 39.6 Å². The first-order valence-corrected chi connectivity index (χ1v) is 19.9. The highest BCUT2D eigenvalue weighted by molar-refractivity contribution is 5.83. The lowest BCUT2D eigenvalue weighted by Gasteiger charge is -2.06. The summed E-state index contributed by atoms with van der Waals surface area (Å²) in [6, 6.07) is 53.4. The molecule has 3 atom stereocenters. The Morgan fingerprint density at radius 1 is 0.448 bits per heavy atom. The van der Waals surface area contributed by atoms with E-state index in [2.05, 4.69) is 94.4 Å². The lowest BCUT2D eigenvalue weighted by molar-refractivity contribution is 0.263. The molecule has 0 bridgehead atoms. The van der Waals surface area contributed by atoms with Crippen LogP contribution in [0.4, 0.5) is 0 Å². The van der Waals surface area contributed by atoms with Crippen LogP contribution in [0.15, 0.2) is 158 Å². The van der Waals surface area contributed by atoms with Gasteiger partial charge in [-0.25, -0.2) is 0 Å². The Balaban J connectivity index is 0.000000193. The smallest absolute Gasteiger partial charge is 0.119 e. The van der Waals surface area contributed by atoms with Crippen LogP contribution in [-0.4, -0.2) is 58.0 Å². The first kappa shape index (κ1) is 47.2. The molecule has 6 nitrogen and oxygen atoms in total. The summed E-state index contributed by atoms with van der Waals surface area (Å²) in [6.07, 6.45) is 3.31. The van der Waals surface area contributed by atoms with Crippen molar-refractivity contribution in [3.8, 4) is 17.2 Å². The predicted molar refractivity (Wildman–Crippen MR) is 242 cm³/mol. The van der Waals surface area contributed by atoms with Gasteiger partial charge in [0.2, 0.25) is 0 Å². The minimum absolute atomic E-state index is 0. The van der Waals surface area contributed by atoms with Crippen LogP contribution in [-0.2, 0) is 27.1 Å². The monoisotopic (exact) mass is 786 g/mol. The number of rotatable bonds is 12. The number of benzene rings is 6. The zero-order valence-electron chi connectivity index (χ0n) is 33.4. The van der Waals surface area contributed by atoms with E-state index in [-0.39, 0.29) is 14.9 Å². The Bertz CT molecular complexity index is 1760. The molecule has 6 aromatic rings. The molecule has 6 heteroatoms. The van der Waals surface area contributed by atoms with Gasteiger partial charge in [0.05, 0.1) is 19.8 Å². The molecule has 3 saturated heterocycles. The van der Waals surface area contributed by atoms with E-state index in [4.69, 9.17) is 28.4 Å². The van der Waals surface area contributed by atoms with E-state index < -0.39 is 0 Å². The summed E-state index contributed by atoms with van der Waals surface area (Å²) in [5.41, 5.74) is 4.27. The highest BCUT2D eigenvalue weighted by Gasteiger charge is 2.24. The third-order valence-electron chi connectivity index (χ3n) is 9.02. The van der Waals surface area contributed by atoms with Crippen LogP contribution in [0.3, 0.4) is 0 Å². The highest BCUT2D eigenvalue weighted by Crippen LogP contribution is 2.21. The first-order valence-electron chi connectivity index (χ1n) is 19.9. The van der Waals surface area contributed by atoms with E-state index in [1.54, 1.807) is 0 Å². The average molecular weight is 787 g/mol. The molecule has 0 amide bonds. The lowest BCUT2D eigenvalue weighted by Crippen LogP contribution is -2.03. The molecule has 310 valence electrons. The van der Waals surface area contributed by atoms with Gasteiger partial charge >= 0.3 is 0 Å².